The fraction of sp³-hybridized carbons (Fsp3) is 0.250. The van der Waals surface area contributed by atoms with Gasteiger partial charge < -0.3 is 5.43 Å². The highest BCUT2D eigenvalue weighted by Crippen LogP contribution is 2.31. The molecule has 0 saturated heterocycles. The van der Waals surface area contributed by atoms with Gasteiger partial charge in [0.05, 0.1) is 11.2 Å². The molecule has 0 saturated carbocycles. The number of nitrogens with two attached hydrogens (primary N) is 1. The lowest BCUT2D eigenvalue weighted by Gasteiger charge is -2.13. The Morgan fingerprint density at radius 3 is 2.56 bits per heavy atom. The molecule has 16 heavy (non-hydrogen) atoms. The molecule has 1 heterocycles. The Morgan fingerprint density at radius 2 is 1.94 bits per heavy atom. The van der Waals surface area contributed by atoms with Crippen LogP contribution in [0, 0.1) is 20.8 Å². The molecule has 84 valence electrons. The van der Waals surface area contributed by atoms with Crippen LogP contribution in [0.3, 0.4) is 0 Å². The van der Waals surface area contributed by atoms with E-state index in [0.29, 0.717) is 0 Å². The van der Waals surface area contributed by atoms with Gasteiger partial charge in [-0.25, -0.2) is 0 Å². The molecule has 2 aromatic rings. The molecule has 0 unspecified atom stereocenters. The number of fused-ring (bicyclic) bond motifs is 1. The number of benzene rings is 1. The van der Waals surface area contributed by atoms with Crippen LogP contribution in [0.1, 0.15) is 16.8 Å². The Balaban J connectivity index is 2.96. The van der Waals surface area contributed by atoms with Crippen molar-refractivity contribution < 1.29 is 0 Å². The average Bonchev–Trinajstić information content (AvgIpc) is 2.22. The fourth-order valence-electron chi connectivity index (χ4n) is 1.89. The number of nitrogens with one attached hydrogen (secondary N) is 1. The lowest BCUT2D eigenvalue weighted by molar-refractivity contribution is 1.17. The van der Waals surface area contributed by atoms with Crippen LogP contribution in [0.2, 0.25) is 0 Å². The van der Waals surface area contributed by atoms with E-state index in [1.54, 1.807) is 0 Å². The van der Waals surface area contributed by atoms with Crippen LogP contribution in [0.4, 0.5) is 5.69 Å². The maximum atomic E-state index is 5.59. The molecule has 0 fully saturated rings. The first-order chi connectivity index (χ1) is 7.54. The highest BCUT2D eigenvalue weighted by Gasteiger charge is 2.10. The number of hydrogen-bond acceptors (Lipinski definition) is 3. The lowest BCUT2D eigenvalue weighted by Crippen LogP contribution is -2.10. The Morgan fingerprint density at radius 1 is 1.25 bits per heavy atom. The van der Waals surface area contributed by atoms with E-state index in [1.165, 1.54) is 0 Å². The molecule has 1 aromatic carbocycles. The first-order valence-electron chi connectivity index (χ1n) is 5.08. The van der Waals surface area contributed by atoms with Crippen molar-refractivity contribution in [3.63, 3.8) is 0 Å². The SMILES string of the molecule is Cc1nc2c(C)cc(Br)cc2c(NN)c1C. The van der Waals surface area contributed by atoms with Gasteiger partial charge in [0.2, 0.25) is 0 Å². The van der Waals surface area contributed by atoms with Gasteiger partial charge >= 0.3 is 0 Å². The smallest absolute Gasteiger partial charge is 0.0756 e. The molecule has 2 rings (SSSR count). The molecule has 0 spiro atoms. The van der Waals surface area contributed by atoms with Gasteiger partial charge in [-0.05, 0) is 44.0 Å². The number of halogens is 1. The minimum absolute atomic E-state index is 0.951. The Labute approximate surface area is 103 Å². The van der Waals surface area contributed by atoms with Gasteiger partial charge in [-0.1, -0.05) is 15.9 Å². The number of pyridine rings is 1. The predicted molar refractivity (Wildman–Crippen MR) is 71.5 cm³/mol. The van der Waals surface area contributed by atoms with E-state index in [2.05, 4.69) is 39.3 Å². The molecule has 0 bridgehead atoms. The number of rotatable bonds is 1. The number of nitrogen functional groups attached to an aromatic ring is 1. The predicted octanol–water partition coefficient (Wildman–Crippen LogP) is 3.21. The van der Waals surface area contributed by atoms with Crippen LogP contribution in [0.25, 0.3) is 10.9 Å². The molecule has 0 radical (unpaired) electrons. The summed E-state index contributed by atoms with van der Waals surface area (Å²) in [6.45, 7) is 6.07. The van der Waals surface area contributed by atoms with Crippen LogP contribution >= 0.6 is 15.9 Å². The van der Waals surface area contributed by atoms with Crippen molar-refractivity contribution in [3.8, 4) is 0 Å². The van der Waals surface area contributed by atoms with Crippen molar-refractivity contribution in [2.75, 3.05) is 5.43 Å². The number of aromatic nitrogens is 1. The first kappa shape index (κ1) is 11.4. The molecule has 0 aliphatic carbocycles. The van der Waals surface area contributed by atoms with Gasteiger partial charge in [0.1, 0.15) is 0 Å². The third-order valence-corrected chi connectivity index (χ3v) is 3.33. The van der Waals surface area contributed by atoms with E-state index in [-0.39, 0.29) is 0 Å². The summed E-state index contributed by atoms with van der Waals surface area (Å²) in [7, 11) is 0. The summed E-state index contributed by atoms with van der Waals surface area (Å²) in [6, 6.07) is 4.10. The van der Waals surface area contributed by atoms with E-state index in [0.717, 1.165) is 37.9 Å². The second-order valence-corrected chi connectivity index (χ2v) is 4.88. The summed E-state index contributed by atoms with van der Waals surface area (Å²) in [5.41, 5.74) is 7.96. The van der Waals surface area contributed by atoms with Gasteiger partial charge in [-0.15, -0.1) is 0 Å². The van der Waals surface area contributed by atoms with Crippen molar-refractivity contribution in [1.82, 2.24) is 4.98 Å². The summed E-state index contributed by atoms with van der Waals surface area (Å²) in [5.74, 6) is 5.59. The van der Waals surface area contributed by atoms with E-state index >= 15 is 0 Å². The van der Waals surface area contributed by atoms with Crippen molar-refractivity contribution >= 4 is 32.5 Å². The van der Waals surface area contributed by atoms with Crippen molar-refractivity contribution in [1.29, 1.82) is 0 Å². The topological polar surface area (TPSA) is 50.9 Å². The maximum Gasteiger partial charge on any atom is 0.0756 e. The van der Waals surface area contributed by atoms with Crippen LogP contribution in [-0.4, -0.2) is 4.98 Å². The van der Waals surface area contributed by atoms with Crippen molar-refractivity contribution in [2.24, 2.45) is 5.84 Å². The Bertz CT molecular complexity index is 564. The van der Waals surface area contributed by atoms with Crippen LogP contribution in [0.5, 0.6) is 0 Å². The Hall–Kier alpha value is -1.13. The van der Waals surface area contributed by atoms with E-state index in [9.17, 15) is 0 Å². The molecule has 1 aromatic heterocycles. The first-order valence-corrected chi connectivity index (χ1v) is 5.87. The van der Waals surface area contributed by atoms with Gasteiger partial charge in [0.25, 0.3) is 0 Å². The lowest BCUT2D eigenvalue weighted by atomic mass is 10.0. The zero-order valence-corrected chi connectivity index (χ0v) is 11.1. The molecule has 4 heteroatoms. The third kappa shape index (κ3) is 1.68. The maximum absolute atomic E-state index is 5.59. The minimum Gasteiger partial charge on any atom is -0.323 e. The highest BCUT2D eigenvalue weighted by molar-refractivity contribution is 9.10. The summed E-state index contributed by atoms with van der Waals surface area (Å²) < 4.78 is 1.04. The monoisotopic (exact) mass is 279 g/mol. The van der Waals surface area contributed by atoms with E-state index in [4.69, 9.17) is 5.84 Å². The molecule has 0 aliphatic heterocycles. The second-order valence-electron chi connectivity index (χ2n) is 3.96. The van der Waals surface area contributed by atoms with Crippen molar-refractivity contribution in [3.05, 3.63) is 33.4 Å². The molecular formula is C12H14BrN3. The number of hydrogen-bond donors (Lipinski definition) is 2. The minimum atomic E-state index is 0.951. The quantitative estimate of drug-likeness (QED) is 0.623. The van der Waals surface area contributed by atoms with Crippen molar-refractivity contribution in [2.45, 2.75) is 20.8 Å². The van der Waals surface area contributed by atoms with Crippen LogP contribution < -0.4 is 11.3 Å². The Kier molecular flexibility index (Phi) is 2.86. The molecule has 0 amide bonds. The molecule has 0 aliphatic rings. The highest BCUT2D eigenvalue weighted by atomic mass is 79.9. The summed E-state index contributed by atoms with van der Waals surface area (Å²) in [4.78, 5) is 4.61. The number of aryl methyl sites for hydroxylation is 2. The fourth-order valence-corrected chi connectivity index (χ4v) is 2.47. The summed E-state index contributed by atoms with van der Waals surface area (Å²) in [6.07, 6.45) is 0. The number of nitrogens with zero attached hydrogens (tertiary/aromatic N) is 1. The number of anilines is 1. The molecule has 3 N–H and O–H groups in total. The second kappa shape index (κ2) is 4.03. The average molecular weight is 280 g/mol. The third-order valence-electron chi connectivity index (χ3n) is 2.88. The summed E-state index contributed by atoms with van der Waals surface area (Å²) >= 11 is 3.49. The zero-order chi connectivity index (χ0) is 11.9. The van der Waals surface area contributed by atoms with Gasteiger partial charge in [-0.2, -0.15) is 0 Å². The normalized spacial score (nSPS) is 10.8. The molecular weight excluding hydrogens is 266 g/mol. The van der Waals surface area contributed by atoms with Gasteiger partial charge in [-0.3, -0.25) is 10.8 Å². The summed E-state index contributed by atoms with van der Waals surface area (Å²) in [5, 5.41) is 1.05. The standard InChI is InChI=1S/C12H14BrN3/c1-6-4-9(13)5-10-11(6)15-8(3)7(2)12(10)16-14/h4-5H,14H2,1-3H3,(H,15,16). The number of hydrazine groups is 1. The van der Waals surface area contributed by atoms with E-state index in [1.807, 2.05) is 19.9 Å². The van der Waals surface area contributed by atoms with E-state index < -0.39 is 0 Å². The van der Waals surface area contributed by atoms with Crippen LogP contribution in [0.15, 0.2) is 16.6 Å². The van der Waals surface area contributed by atoms with Gasteiger partial charge in [0.15, 0.2) is 0 Å². The van der Waals surface area contributed by atoms with Crippen LogP contribution in [-0.2, 0) is 0 Å². The largest absolute Gasteiger partial charge is 0.323 e. The van der Waals surface area contributed by atoms with Gasteiger partial charge in [0, 0.05) is 15.6 Å². The zero-order valence-electron chi connectivity index (χ0n) is 9.56. The molecule has 3 nitrogen and oxygen atoms in total. The molecule has 0 atom stereocenters.